The lowest BCUT2D eigenvalue weighted by Gasteiger charge is -2.40. The average molecular weight is 547 g/mol. The molecule has 0 radical (unpaired) electrons. The van der Waals surface area contributed by atoms with Crippen LogP contribution in [-0.2, 0) is 6.42 Å². The molecule has 3 aromatic rings. The molecule has 2 saturated heterocycles. The van der Waals surface area contributed by atoms with E-state index in [0.29, 0.717) is 24.0 Å². The molecule has 7 nitrogen and oxygen atoms in total. The molecule has 2 atom stereocenters. The van der Waals surface area contributed by atoms with E-state index in [-0.39, 0.29) is 24.2 Å². The molecule has 1 spiro atoms. The van der Waals surface area contributed by atoms with Crippen LogP contribution in [0.15, 0.2) is 48.5 Å². The lowest BCUT2D eigenvalue weighted by molar-refractivity contribution is 0.127. The molecule has 3 heterocycles. The first-order chi connectivity index (χ1) is 18.9. The van der Waals surface area contributed by atoms with Gasteiger partial charge in [-0.25, -0.2) is 9.78 Å². The molecule has 2 unspecified atom stereocenters. The van der Waals surface area contributed by atoms with Crippen LogP contribution in [0.4, 0.5) is 4.79 Å². The number of halogens is 1. The smallest absolute Gasteiger partial charge is 0.317 e. The Labute approximate surface area is 234 Å². The predicted molar refractivity (Wildman–Crippen MR) is 153 cm³/mol. The Morgan fingerprint density at radius 1 is 1.13 bits per heavy atom. The molecule has 39 heavy (non-hydrogen) atoms. The fraction of sp³-hybridized carbons (Fsp3) is 0.419. The lowest BCUT2D eigenvalue weighted by Crippen LogP contribution is -2.61. The number of pyridine rings is 1. The van der Waals surface area contributed by atoms with Gasteiger partial charge >= 0.3 is 6.03 Å². The summed E-state index contributed by atoms with van der Waals surface area (Å²) in [6, 6.07) is 16.7. The lowest BCUT2D eigenvalue weighted by atomic mass is 9.92. The molecule has 204 valence electrons. The number of β-amino-alcohol motifs (C(OH)–C–C–N with tert-alkyl or cyclic N) is 1. The van der Waals surface area contributed by atoms with E-state index in [1.54, 1.807) is 12.0 Å². The van der Waals surface area contributed by atoms with Gasteiger partial charge in [0.1, 0.15) is 0 Å². The number of carbonyl (C=O) groups excluding carboxylic acids is 1. The van der Waals surface area contributed by atoms with Gasteiger partial charge < -0.3 is 20.1 Å². The highest BCUT2D eigenvalue weighted by Crippen LogP contribution is 2.46. The van der Waals surface area contributed by atoms with Gasteiger partial charge in [-0.3, -0.25) is 4.90 Å². The van der Waals surface area contributed by atoms with Gasteiger partial charge in [0.15, 0.2) is 0 Å². The summed E-state index contributed by atoms with van der Waals surface area (Å²) >= 11 is 7.01. The third kappa shape index (κ3) is 4.66. The number of aryl methyl sites for hydroxylation is 2. The van der Waals surface area contributed by atoms with E-state index in [2.05, 4.69) is 41.4 Å². The summed E-state index contributed by atoms with van der Waals surface area (Å²) in [5.41, 5.74) is 7.23. The zero-order valence-electron chi connectivity index (χ0n) is 22.5. The monoisotopic (exact) mass is 546 g/mol. The maximum Gasteiger partial charge on any atom is 0.317 e. The van der Waals surface area contributed by atoms with Crippen molar-refractivity contribution in [2.45, 2.75) is 44.2 Å². The average Bonchev–Trinajstić information content (AvgIpc) is 3.55. The van der Waals surface area contributed by atoms with Crippen molar-refractivity contribution in [1.82, 2.24) is 20.1 Å². The van der Waals surface area contributed by atoms with Crippen molar-refractivity contribution in [3.63, 3.8) is 0 Å². The number of ether oxygens (including phenoxy) is 1. The van der Waals surface area contributed by atoms with E-state index < -0.39 is 0 Å². The Bertz CT molecular complexity index is 1410. The summed E-state index contributed by atoms with van der Waals surface area (Å²) in [6.07, 6.45) is 3.75. The summed E-state index contributed by atoms with van der Waals surface area (Å²) in [6.45, 7) is 4.87. The van der Waals surface area contributed by atoms with Crippen LogP contribution in [-0.4, -0.2) is 71.4 Å². The van der Waals surface area contributed by atoms with E-state index >= 15 is 0 Å². The fourth-order valence-corrected chi connectivity index (χ4v) is 7.01. The summed E-state index contributed by atoms with van der Waals surface area (Å²) in [5.74, 6) is 0.658. The second kappa shape index (κ2) is 10.5. The largest absolute Gasteiger partial charge is 0.481 e. The number of fused-ring (bicyclic) bond motifs is 1. The molecule has 3 aliphatic rings. The van der Waals surface area contributed by atoms with Crippen molar-refractivity contribution in [2.75, 3.05) is 39.9 Å². The number of methoxy groups -OCH3 is 1. The minimum absolute atomic E-state index is 0.0123. The van der Waals surface area contributed by atoms with E-state index in [1.165, 1.54) is 11.1 Å². The number of aliphatic hydroxyl groups is 1. The Kier molecular flexibility index (Phi) is 7.00. The number of nitrogens with zero attached hydrogens (tertiary/aromatic N) is 3. The van der Waals surface area contributed by atoms with E-state index in [9.17, 15) is 9.90 Å². The minimum Gasteiger partial charge on any atom is -0.481 e. The molecule has 6 rings (SSSR count). The van der Waals surface area contributed by atoms with Crippen LogP contribution in [0.5, 0.6) is 5.88 Å². The summed E-state index contributed by atoms with van der Waals surface area (Å²) < 4.78 is 5.90. The normalized spacial score (nSPS) is 22.8. The molecular formula is C31H35ClN4O3. The van der Waals surface area contributed by atoms with E-state index in [1.807, 2.05) is 24.3 Å². The van der Waals surface area contributed by atoms with Gasteiger partial charge in [-0.15, -0.1) is 0 Å². The highest BCUT2D eigenvalue weighted by molar-refractivity contribution is 6.36. The Morgan fingerprint density at radius 2 is 1.90 bits per heavy atom. The van der Waals surface area contributed by atoms with Gasteiger partial charge in [-0.05, 0) is 55.4 Å². The molecule has 1 aliphatic carbocycles. The summed E-state index contributed by atoms with van der Waals surface area (Å²) in [7, 11) is 1.69. The molecule has 2 N–H and O–H groups in total. The van der Waals surface area contributed by atoms with Gasteiger partial charge in [0.05, 0.1) is 30.0 Å². The highest BCUT2D eigenvalue weighted by Gasteiger charge is 2.46. The third-order valence-electron chi connectivity index (χ3n) is 8.75. The predicted octanol–water partition coefficient (Wildman–Crippen LogP) is 5.23. The Hall–Kier alpha value is -3.13. The maximum absolute atomic E-state index is 12.6. The molecule has 2 aliphatic heterocycles. The zero-order valence-corrected chi connectivity index (χ0v) is 23.3. The number of aromatic nitrogens is 1. The van der Waals surface area contributed by atoms with Crippen LogP contribution >= 0.6 is 11.6 Å². The first kappa shape index (κ1) is 26.1. The second-order valence-electron chi connectivity index (χ2n) is 11.0. The van der Waals surface area contributed by atoms with Gasteiger partial charge in [-0.2, -0.15) is 0 Å². The van der Waals surface area contributed by atoms with Crippen LogP contribution in [0.1, 0.15) is 42.0 Å². The topological polar surface area (TPSA) is 77.9 Å². The van der Waals surface area contributed by atoms with Gasteiger partial charge in [0.2, 0.25) is 5.88 Å². The van der Waals surface area contributed by atoms with Gasteiger partial charge in [0, 0.05) is 48.9 Å². The molecule has 0 saturated carbocycles. The SMILES string of the molecule is COc1nc(-c2cccc(-c3ccccc3C)c2Cl)cc2c1C(N1CCC3(CCN(CCO)C(=O)N3)C1)CC2. The second-order valence-corrected chi connectivity index (χ2v) is 11.4. The van der Waals surface area contributed by atoms with Crippen LogP contribution in [0.2, 0.25) is 5.02 Å². The highest BCUT2D eigenvalue weighted by atomic mass is 35.5. The fourth-order valence-electron chi connectivity index (χ4n) is 6.68. The molecule has 2 aromatic carbocycles. The first-order valence-corrected chi connectivity index (χ1v) is 14.2. The Balaban J connectivity index is 1.28. The molecule has 1 aromatic heterocycles. The Morgan fingerprint density at radius 3 is 2.67 bits per heavy atom. The number of amides is 2. The molecule has 2 fully saturated rings. The van der Waals surface area contributed by atoms with Crippen molar-refractivity contribution in [3.05, 3.63) is 70.2 Å². The molecule has 2 amide bonds. The van der Waals surface area contributed by atoms with Crippen molar-refractivity contribution in [1.29, 1.82) is 0 Å². The number of hydrogen-bond acceptors (Lipinski definition) is 5. The molecule has 8 heteroatoms. The van der Waals surface area contributed by atoms with Crippen molar-refractivity contribution in [3.8, 4) is 28.3 Å². The number of aliphatic hydroxyl groups excluding tert-OH is 1. The quantitative estimate of drug-likeness (QED) is 0.443. The standard InChI is InChI=1S/C31H35ClN4O3/c1-20-6-3-4-7-22(20)23-8-5-9-24(28(23)32)25-18-21-10-11-26(27(21)29(33-25)39-2)36-15-13-31(19-36)12-14-35(16-17-37)30(38)34-31/h3-9,18,26,37H,10-17,19H2,1-2H3,(H,34,38). The number of urea groups is 1. The summed E-state index contributed by atoms with van der Waals surface area (Å²) in [4.78, 5) is 21.8. The van der Waals surface area contributed by atoms with E-state index in [4.69, 9.17) is 21.3 Å². The number of rotatable bonds is 6. The third-order valence-corrected chi connectivity index (χ3v) is 9.15. The van der Waals surface area contributed by atoms with Crippen molar-refractivity contribution >= 4 is 17.6 Å². The molecular weight excluding hydrogens is 512 g/mol. The number of hydrogen-bond donors (Lipinski definition) is 2. The van der Waals surface area contributed by atoms with Gasteiger partial charge in [0.25, 0.3) is 0 Å². The van der Waals surface area contributed by atoms with Crippen LogP contribution in [0.3, 0.4) is 0 Å². The maximum atomic E-state index is 12.6. The number of likely N-dealkylation sites (tertiary alicyclic amines) is 1. The van der Waals surface area contributed by atoms with Crippen molar-refractivity contribution in [2.24, 2.45) is 0 Å². The minimum atomic E-state index is -0.212. The summed E-state index contributed by atoms with van der Waals surface area (Å²) in [5, 5.41) is 13.2. The van der Waals surface area contributed by atoms with E-state index in [0.717, 1.165) is 66.7 Å². The van der Waals surface area contributed by atoms with Crippen LogP contribution in [0, 0.1) is 6.92 Å². The zero-order chi connectivity index (χ0) is 27.1. The first-order valence-electron chi connectivity index (χ1n) is 13.8. The van der Waals surface area contributed by atoms with Crippen LogP contribution in [0.25, 0.3) is 22.4 Å². The van der Waals surface area contributed by atoms with Gasteiger partial charge in [-0.1, -0.05) is 54.1 Å². The number of benzene rings is 2. The van der Waals surface area contributed by atoms with Crippen LogP contribution < -0.4 is 10.1 Å². The van der Waals surface area contributed by atoms with Crippen molar-refractivity contribution < 1.29 is 14.6 Å². The number of carbonyl (C=O) groups is 1. The number of nitrogens with one attached hydrogen (secondary N) is 1. The molecule has 0 bridgehead atoms.